The van der Waals surface area contributed by atoms with Gasteiger partial charge in [0.05, 0.1) is 5.56 Å². The first-order valence-corrected chi connectivity index (χ1v) is 10.7. The Labute approximate surface area is 184 Å². The average molecular weight is 438 g/mol. The van der Waals surface area contributed by atoms with Gasteiger partial charge in [0, 0.05) is 23.7 Å². The second-order valence-corrected chi connectivity index (χ2v) is 8.03. The number of hydrogen-bond donors (Lipinski definition) is 1. The maximum absolute atomic E-state index is 13.2. The number of nitrogens with zero attached hydrogens (tertiary/aromatic N) is 1. The van der Waals surface area contributed by atoms with E-state index in [0.717, 1.165) is 29.9 Å². The molecule has 0 spiro atoms. The van der Waals surface area contributed by atoms with Crippen molar-refractivity contribution in [2.24, 2.45) is 5.92 Å². The van der Waals surface area contributed by atoms with Gasteiger partial charge in [0.15, 0.2) is 6.10 Å². The smallest absolute Gasteiger partial charge is 0.338 e. The van der Waals surface area contributed by atoms with Crippen LogP contribution in [-0.4, -0.2) is 41.2 Å². The fraction of sp³-hybridized carbons (Fsp3) is 0.333. The monoisotopic (exact) mass is 438 g/mol. The molecule has 4 rings (SSSR count). The van der Waals surface area contributed by atoms with E-state index in [1.165, 1.54) is 24.3 Å². The summed E-state index contributed by atoms with van der Waals surface area (Å²) in [5, 5.41) is 2.79. The highest BCUT2D eigenvalue weighted by Crippen LogP contribution is 2.30. The molecule has 1 saturated carbocycles. The van der Waals surface area contributed by atoms with Crippen LogP contribution >= 0.6 is 0 Å². The zero-order chi connectivity index (χ0) is 22.7. The van der Waals surface area contributed by atoms with Crippen LogP contribution in [0.5, 0.6) is 0 Å². The zero-order valence-corrected chi connectivity index (χ0v) is 17.4. The molecule has 0 bridgehead atoms. The highest BCUT2D eigenvalue weighted by atomic mass is 19.1. The zero-order valence-electron chi connectivity index (χ0n) is 17.4. The van der Waals surface area contributed by atoms with Crippen LogP contribution in [0.3, 0.4) is 0 Å². The van der Waals surface area contributed by atoms with Crippen LogP contribution < -0.4 is 5.32 Å². The summed E-state index contributed by atoms with van der Waals surface area (Å²) in [5.41, 5.74) is 1.01. The van der Waals surface area contributed by atoms with Crippen molar-refractivity contribution >= 4 is 29.4 Å². The van der Waals surface area contributed by atoms with E-state index >= 15 is 0 Å². The quantitative estimate of drug-likeness (QED) is 0.569. The molecule has 166 valence electrons. The predicted octanol–water partition coefficient (Wildman–Crippen LogP) is 3.55. The van der Waals surface area contributed by atoms with E-state index in [9.17, 15) is 23.6 Å². The molecule has 8 heteroatoms. The molecule has 7 nitrogen and oxygen atoms in total. The van der Waals surface area contributed by atoms with Gasteiger partial charge in [-0.1, -0.05) is 0 Å². The molecule has 2 aliphatic rings. The standard InChI is InChI=1S/C24H23FN2O5/c25-18-10-6-16(7-11-18)22(29)27-14-2-1-3-20(23(27)30)32-24(31)17-8-12-19(13-9-17)26-21(28)15-4-5-15/h6-13,15,20H,1-5,14H2,(H,26,28). The molecule has 1 N–H and O–H groups in total. The fourth-order valence-corrected chi connectivity index (χ4v) is 3.54. The summed E-state index contributed by atoms with van der Waals surface area (Å²) in [4.78, 5) is 51.2. The molecule has 2 aromatic rings. The number of likely N-dealkylation sites (tertiary alicyclic amines) is 1. The van der Waals surface area contributed by atoms with E-state index in [1.807, 2.05) is 0 Å². The van der Waals surface area contributed by atoms with Crippen LogP contribution in [0.2, 0.25) is 0 Å². The van der Waals surface area contributed by atoms with Gasteiger partial charge in [-0.25, -0.2) is 9.18 Å². The van der Waals surface area contributed by atoms with Gasteiger partial charge in [-0.3, -0.25) is 19.3 Å². The maximum Gasteiger partial charge on any atom is 0.338 e. The molecule has 3 amide bonds. The third-order valence-corrected chi connectivity index (χ3v) is 5.56. The van der Waals surface area contributed by atoms with E-state index in [2.05, 4.69) is 5.32 Å². The molecule has 1 heterocycles. The maximum atomic E-state index is 13.2. The summed E-state index contributed by atoms with van der Waals surface area (Å²) < 4.78 is 18.6. The lowest BCUT2D eigenvalue weighted by molar-refractivity contribution is -0.137. The number of nitrogens with one attached hydrogen (secondary N) is 1. The molecule has 1 aliphatic carbocycles. The van der Waals surface area contributed by atoms with Crippen molar-refractivity contribution in [3.8, 4) is 0 Å². The van der Waals surface area contributed by atoms with Gasteiger partial charge in [0.25, 0.3) is 11.8 Å². The fourth-order valence-electron chi connectivity index (χ4n) is 3.54. The number of ether oxygens (including phenoxy) is 1. The second kappa shape index (κ2) is 9.30. The minimum Gasteiger partial charge on any atom is -0.449 e. The Kier molecular flexibility index (Phi) is 6.30. The molecular weight excluding hydrogens is 415 g/mol. The molecule has 1 saturated heterocycles. The van der Waals surface area contributed by atoms with E-state index in [4.69, 9.17) is 4.74 Å². The van der Waals surface area contributed by atoms with Gasteiger partial charge in [-0.05, 0) is 80.6 Å². The number of carbonyl (C=O) groups is 4. The minimum absolute atomic E-state index is 0.0321. The number of rotatable bonds is 5. The molecule has 32 heavy (non-hydrogen) atoms. The van der Waals surface area contributed by atoms with Crippen LogP contribution in [0.25, 0.3) is 0 Å². The van der Waals surface area contributed by atoms with Crippen molar-refractivity contribution < 1.29 is 28.3 Å². The first-order chi connectivity index (χ1) is 15.4. The van der Waals surface area contributed by atoms with Crippen molar-refractivity contribution in [3.05, 3.63) is 65.5 Å². The molecule has 0 radical (unpaired) electrons. The Morgan fingerprint density at radius 1 is 0.906 bits per heavy atom. The van der Waals surface area contributed by atoms with E-state index in [0.29, 0.717) is 24.9 Å². The summed E-state index contributed by atoms with van der Waals surface area (Å²) in [6.45, 7) is 0.207. The number of benzene rings is 2. The first kappa shape index (κ1) is 21.7. The first-order valence-electron chi connectivity index (χ1n) is 10.7. The van der Waals surface area contributed by atoms with Crippen molar-refractivity contribution in [3.63, 3.8) is 0 Å². The topological polar surface area (TPSA) is 92.8 Å². The number of carbonyl (C=O) groups excluding carboxylic acids is 4. The van der Waals surface area contributed by atoms with Crippen LogP contribution in [0.15, 0.2) is 48.5 Å². The lowest BCUT2D eigenvalue weighted by atomic mass is 10.1. The Balaban J connectivity index is 1.41. The normalized spacial score (nSPS) is 18.6. The van der Waals surface area contributed by atoms with Gasteiger partial charge in [-0.15, -0.1) is 0 Å². The van der Waals surface area contributed by atoms with E-state index in [-0.39, 0.29) is 29.5 Å². The van der Waals surface area contributed by atoms with Gasteiger partial charge < -0.3 is 10.1 Å². The number of anilines is 1. The predicted molar refractivity (Wildman–Crippen MR) is 113 cm³/mol. The van der Waals surface area contributed by atoms with E-state index in [1.54, 1.807) is 12.1 Å². The lowest BCUT2D eigenvalue weighted by Gasteiger charge is -2.22. The molecule has 0 aromatic heterocycles. The van der Waals surface area contributed by atoms with Gasteiger partial charge >= 0.3 is 5.97 Å². The Bertz CT molecular complexity index is 1030. The van der Waals surface area contributed by atoms with Crippen LogP contribution in [0, 0.1) is 11.7 Å². The number of amides is 3. The van der Waals surface area contributed by atoms with Gasteiger partial charge in [0.1, 0.15) is 5.82 Å². The van der Waals surface area contributed by atoms with Crippen LogP contribution in [0.4, 0.5) is 10.1 Å². The highest BCUT2D eigenvalue weighted by molar-refractivity contribution is 6.06. The van der Waals surface area contributed by atoms with Crippen LogP contribution in [0.1, 0.15) is 52.8 Å². The summed E-state index contributed by atoms with van der Waals surface area (Å²) in [5.74, 6) is -2.25. The number of halogens is 1. The van der Waals surface area contributed by atoms with Crippen molar-refractivity contribution in [2.75, 3.05) is 11.9 Å². The average Bonchev–Trinajstić information content (AvgIpc) is 3.64. The Morgan fingerprint density at radius 2 is 1.56 bits per heavy atom. The molecule has 1 aliphatic heterocycles. The second-order valence-electron chi connectivity index (χ2n) is 8.03. The molecule has 2 fully saturated rings. The highest BCUT2D eigenvalue weighted by Gasteiger charge is 2.34. The minimum atomic E-state index is -1.08. The largest absolute Gasteiger partial charge is 0.449 e. The molecule has 2 aromatic carbocycles. The SMILES string of the molecule is O=C(OC1CCCCN(C(=O)c2ccc(F)cc2)C1=O)c1ccc(NC(=O)C2CC2)cc1. The Morgan fingerprint density at radius 3 is 2.22 bits per heavy atom. The molecular formula is C24H23FN2O5. The van der Waals surface area contributed by atoms with Gasteiger partial charge in [0.2, 0.25) is 5.91 Å². The van der Waals surface area contributed by atoms with Gasteiger partial charge in [-0.2, -0.15) is 0 Å². The summed E-state index contributed by atoms with van der Waals surface area (Å²) in [7, 11) is 0. The summed E-state index contributed by atoms with van der Waals surface area (Å²) >= 11 is 0. The lowest BCUT2D eigenvalue weighted by Crippen LogP contribution is -2.43. The summed E-state index contributed by atoms with van der Waals surface area (Å²) in [6, 6.07) is 11.2. The molecule has 1 atom stereocenters. The third kappa shape index (κ3) is 5.01. The molecule has 1 unspecified atom stereocenters. The van der Waals surface area contributed by atoms with Crippen molar-refractivity contribution in [1.82, 2.24) is 4.90 Å². The van der Waals surface area contributed by atoms with Crippen molar-refractivity contribution in [1.29, 1.82) is 0 Å². The summed E-state index contributed by atoms with van der Waals surface area (Å²) in [6.07, 6.45) is 2.22. The Hall–Kier alpha value is -3.55. The number of imide groups is 1. The number of esters is 1. The van der Waals surface area contributed by atoms with Crippen LogP contribution in [-0.2, 0) is 14.3 Å². The van der Waals surface area contributed by atoms with Crippen molar-refractivity contribution in [2.45, 2.75) is 38.2 Å². The van der Waals surface area contributed by atoms with E-state index < -0.39 is 29.7 Å². The third-order valence-electron chi connectivity index (χ3n) is 5.56. The number of hydrogen-bond acceptors (Lipinski definition) is 5.